The number of piperazine rings is 1. The van der Waals surface area contributed by atoms with E-state index >= 15 is 0 Å². The van der Waals surface area contributed by atoms with Crippen molar-refractivity contribution in [2.45, 2.75) is 38.0 Å². The number of rotatable bonds is 5. The molecule has 8 heteroatoms. The molecule has 1 N–H and O–H groups in total. The van der Waals surface area contributed by atoms with E-state index in [0.717, 1.165) is 25.0 Å². The molecule has 2 aliphatic rings. The number of carbonyl (C=O) groups excluding carboxylic acids is 2. The summed E-state index contributed by atoms with van der Waals surface area (Å²) in [5, 5.41) is 2.99. The molecule has 28 heavy (non-hydrogen) atoms. The highest BCUT2D eigenvalue weighted by molar-refractivity contribution is 5.91. The SMILES string of the molecule is CC(C(=O)NC1CC1)N1CCN(C(=O)/C=C/c2ccc(C(F)(F)F)cc2)CC1. The van der Waals surface area contributed by atoms with Crippen molar-refractivity contribution in [1.29, 1.82) is 0 Å². The summed E-state index contributed by atoms with van der Waals surface area (Å²) < 4.78 is 37.7. The predicted octanol–water partition coefficient (Wildman–Crippen LogP) is 2.53. The van der Waals surface area contributed by atoms with Gasteiger partial charge in [0, 0.05) is 38.3 Å². The van der Waals surface area contributed by atoms with Gasteiger partial charge in [-0.1, -0.05) is 12.1 Å². The number of amides is 2. The fraction of sp³-hybridized carbons (Fsp3) is 0.500. The molecule has 5 nitrogen and oxygen atoms in total. The molecule has 1 saturated carbocycles. The highest BCUT2D eigenvalue weighted by Crippen LogP contribution is 2.29. The van der Waals surface area contributed by atoms with E-state index in [4.69, 9.17) is 0 Å². The largest absolute Gasteiger partial charge is 0.416 e. The first kappa shape index (κ1) is 20.4. The van der Waals surface area contributed by atoms with Crippen LogP contribution in [0, 0.1) is 0 Å². The number of benzene rings is 1. The fourth-order valence-electron chi connectivity index (χ4n) is 3.10. The Bertz CT molecular complexity index is 734. The van der Waals surface area contributed by atoms with Crippen LogP contribution in [0.1, 0.15) is 30.9 Å². The summed E-state index contributed by atoms with van der Waals surface area (Å²) in [5.74, 6) is -0.154. The Kier molecular flexibility index (Phi) is 6.07. The van der Waals surface area contributed by atoms with Gasteiger partial charge in [-0.25, -0.2) is 0 Å². The average Bonchev–Trinajstić information content (AvgIpc) is 3.49. The number of hydrogen-bond acceptors (Lipinski definition) is 3. The lowest BCUT2D eigenvalue weighted by molar-refractivity contribution is -0.137. The van der Waals surface area contributed by atoms with Crippen LogP contribution in [0.2, 0.25) is 0 Å². The maximum atomic E-state index is 12.6. The Labute approximate surface area is 162 Å². The monoisotopic (exact) mass is 395 g/mol. The molecular weight excluding hydrogens is 371 g/mol. The molecule has 3 rings (SSSR count). The predicted molar refractivity (Wildman–Crippen MR) is 99.3 cm³/mol. The second kappa shape index (κ2) is 8.34. The molecule has 0 spiro atoms. The van der Waals surface area contributed by atoms with Gasteiger partial charge in [-0.05, 0) is 43.5 Å². The summed E-state index contributed by atoms with van der Waals surface area (Å²) >= 11 is 0. The minimum atomic E-state index is -4.37. The minimum absolute atomic E-state index is 0.0319. The Hall–Kier alpha value is -2.35. The molecule has 0 aromatic heterocycles. The maximum absolute atomic E-state index is 12.6. The molecule has 1 saturated heterocycles. The first-order valence-electron chi connectivity index (χ1n) is 9.43. The molecule has 1 unspecified atom stereocenters. The van der Waals surface area contributed by atoms with Gasteiger partial charge < -0.3 is 10.2 Å². The third-order valence-electron chi connectivity index (χ3n) is 5.13. The normalized spacial score (nSPS) is 19.6. The van der Waals surface area contributed by atoms with Gasteiger partial charge in [0.2, 0.25) is 11.8 Å². The van der Waals surface area contributed by atoms with Gasteiger partial charge in [-0.3, -0.25) is 14.5 Å². The van der Waals surface area contributed by atoms with Crippen molar-refractivity contribution in [1.82, 2.24) is 15.1 Å². The summed E-state index contributed by atoms with van der Waals surface area (Å²) in [7, 11) is 0. The van der Waals surface area contributed by atoms with E-state index in [-0.39, 0.29) is 17.9 Å². The van der Waals surface area contributed by atoms with Crippen LogP contribution in [0.3, 0.4) is 0 Å². The molecule has 152 valence electrons. The van der Waals surface area contributed by atoms with Crippen LogP contribution < -0.4 is 5.32 Å². The van der Waals surface area contributed by atoms with Crippen molar-refractivity contribution < 1.29 is 22.8 Å². The summed E-state index contributed by atoms with van der Waals surface area (Å²) in [5.41, 5.74) is -0.183. The van der Waals surface area contributed by atoms with Gasteiger partial charge in [-0.2, -0.15) is 13.2 Å². The summed E-state index contributed by atoms with van der Waals surface area (Å²) in [6.45, 7) is 4.12. The number of halogens is 3. The maximum Gasteiger partial charge on any atom is 0.416 e. The van der Waals surface area contributed by atoms with E-state index < -0.39 is 11.7 Å². The van der Waals surface area contributed by atoms with Crippen LogP contribution in [0.25, 0.3) is 6.08 Å². The Morgan fingerprint density at radius 1 is 1.11 bits per heavy atom. The van der Waals surface area contributed by atoms with Crippen LogP contribution in [0.4, 0.5) is 13.2 Å². The van der Waals surface area contributed by atoms with E-state index in [2.05, 4.69) is 10.2 Å². The van der Waals surface area contributed by atoms with E-state index in [1.54, 1.807) is 4.90 Å². The molecule has 1 heterocycles. The highest BCUT2D eigenvalue weighted by atomic mass is 19.4. The zero-order valence-electron chi connectivity index (χ0n) is 15.7. The van der Waals surface area contributed by atoms with Gasteiger partial charge in [0.15, 0.2) is 0 Å². The lowest BCUT2D eigenvalue weighted by Crippen LogP contribution is -2.55. The van der Waals surface area contributed by atoms with Crippen molar-refractivity contribution in [3.8, 4) is 0 Å². The highest BCUT2D eigenvalue weighted by Gasteiger charge is 2.31. The van der Waals surface area contributed by atoms with Crippen molar-refractivity contribution in [3.05, 3.63) is 41.5 Å². The third kappa shape index (κ3) is 5.34. The van der Waals surface area contributed by atoms with Gasteiger partial charge >= 0.3 is 6.18 Å². The van der Waals surface area contributed by atoms with E-state index in [0.29, 0.717) is 37.8 Å². The summed E-state index contributed by atoms with van der Waals surface area (Å²) in [4.78, 5) is 28.2. The topological polar surface area (TPSA) is 52.7 Å². The molecule has 1 atom stereocenters. The quantitative estimate of drug-likeness (QED) is 0.780. The molecule has 1 aromatic rings. The summed E-state index contributed by atoms with van der Waals surface area (Å²) in [6.07, 6.45) is 0.616. The number of nitrogens with one attached hydrogen (secondary N) is 1. The number of nitrogens with zero attached hydrogens (tertiary/aromatic N) is 2. The van der Waals surface area contributed by atoms with Crippen LogP contribution in [-0.2, 0) is 15.8 Å². The Morgan fingerprint density at radius 2 is 1.71 bits per heavy atom. The first-order valence-corrected chi connectivity index (χ1v) is 9.43. The second-order valence-electron chi connectivity index (χ2n) is 7.27. The fourth-order valence-corrected chi connectivity index (χ4v) is 3.10. The van der Waals surface area contributed by atoms with Crippen molar-refractivity contribution >= 4 is 17.9 Å². The van der Waals surface area contributed by atoms with E-state index in [1.165, 1.54) is 24.3 Å². The molecule has 2 amide bonds. The molecule has 0 radical (unpaired) electrons. The second-order valence-corrected chi connectivity index (χ2v) is 7.27. The van der Waals surface area contributed by atoms with E-state index in [9.17, 15) is 22.8 Å². The van der Waals surface area contributed by atoms with Gasteiger partial charge in [0.25, 0.3) is 0 Å². The van der Waals surface area contributed by atoms with Crippen molar-refractivity contribution in [3.63, 3.8) is 0 Å². The first-order chi connectivity index (χ1) is 13.2. The van der Waals surface area contributed by atoms with Crippen LogP contribution in [0.5, 0.6) is 0 Å². The Morgan fingerprint density at radius 3 is 2.25 bits per heavy atom. The Balaban J connectivity index is 1.48. The average molecular weight is 395 g/mol. The van der Waals surface area contributed by atoms with E-state index in [1.807, 2.05) is 6.92 Å². The molecular formula is C20H24F3N3O2. The number of alkyl halides is 3. The van der Waals surface area contributed by atoms with Crippen LogP contribution in [0.15, 0.2) is 30.3 Å². The minimum Gasteiger partial charge on any atom is -0.352 e. The third-order valence-corrected chi connectivity index (χ3v) is 5.13. The standard InChI is InChI=1S/C20H24F3N3O2/c1-14(19(28)24-17-7-8-17)25-10-12-26(13-11-25)18(27)9-4-15-2-5-16(6-3-15)20(21,22)23/h2-6,9,14,17H,7-8,10-13H2,1H3,(H,24,28)/b9-4+. The number of hydrogen-bond donors (Lipinski definition) is 1. The summed E-state index contributed by atoms with van der Waals surface area (Å²) in [6, 6.07) is 4.78. The van der Waals surface area contributed by atoms with Crippen molar-refractivity contribution in [2.24, 2.45) is 0 Å². The molecule has 0 bridgehead atoms. The molecule has 1 aliphatic carbocycles. The zero-order chi connectivity index (χ0) is 20.3. The van der Waals surface area contributed by atoms with Gasteiger partial charge in [0.1, 0.15) is 0 Å². The lowest BCUT2D eigenvalue weighted by atomic mass is 10.1. The van der Waals surface area contributed by atoms with Gasteiger partial charge in [0.05, 0.1) is 11.6 Å². The molecule has 1 aliphatic heterocycles. The zero-order valence-corrected chi connectivity index (χ0v) is 15.7. The van der Waals surface area contributed by atoms with Crippen LogP contribution in [-0.4, -0.2) is 59.9 Å². The molecule has 2 fully saturated rings. The number of carbonyl (C=O) groups is 2. The molecule has 1 aromatic carbocycles. The smallest absolute Gasteiger partial charge is 0.352 e. The van der Waals surface area contributed by atoms with Gasteiger partial charge in [-0.15, -0.1) is 0 Å². The van der Waals surface area contributed by atoms with Crippen LogP contribution >= 0.6 is 0 Å². The van der Waals surface area contributed by atoms with Crippen molar-refractivity contribution in [2.75, 3.05) is 26.2 Å². The lowest BCUT2D eigenvalue weighted by Gasteiger charge is -2.37.